The van der Waals surface area contributed by atoms with E-state index in [4.69, 9.17) is 5.11 Å². The first kappa shape index (κ1) is 12.5. The standard InChI is InChI=1S/C17H15NO2/c1-12-15(11-17(19)20)14-9-5-6-10-16(14)18(12)13-7-3-2-4-8-13/h2-10H,11H2,1H3,(H,19,20). The summed E-state index contributed by atoms with van der Waals surface area (Å²) in [6, 6.07) is 18.0. The Balaban J connectivity index is 2.32. The van der Waals surface area contributed by atoms with Gasteiger partial charge in [0.2, 0.25) is 0 Å². The van der Waals surface area contributed by atoms with Gasteiger partial charge in [-0.2, -0.15) is 0 Å². The van der Waals surface area contributed by atoms with Crippen molar-refractivity contribution in [3.05, 3.63) is 65.9 Å². The SMILES string of the molecule is Cc1c(CC(=O)O)c2ccccc2n1-c1ccccc1. The Bertz CT molecular complexity index is 772. The average Bonchev–Trinajstić information content (AvgIpc) is 2.72. The monoisotopic (exact) mass is 265 g/mol. The van der Waals surface area contributed by atoms with E-state index in [-0.39, 0.29) is 6.42 Å². The smallest absolute Gasteiger partial charge is 0.307 e. The van der Waals surface area contributed by atoms with Crippen molar-refractivity contribution in [2.24, 2.45) is 0 Å². The molecule has 0 saturated carbocycles. The summed E-state index contributed by atoms with van der Waals surface area (Å²) >= 11 is 0. The average molecular weight is 265 g/mol. The summed E-state index contributed by atoms with van der Waals surface area (Å²) in [5.41, 5.74) is 3.97. The number of rotatable bonds is 3. The number of carboxylic acids is 1. The maximum atomic E-state index is 11.1. The van der Waals surface area contributed by atoms with Crippen molar-refractivity contribution in [1.29, 1.82) is 0 Å². The Hall–Kier alpha value is -2.55. The van der Waals surface area contributed by atoms with E-state index in [1.54, 1.807) is 0 Å². The van der Waals surface area contributed by atoms with Crippen molar-refractivity contribution in [2.45, 2.75) is 13.3 Å². The minimum Gasteiger partial charge on any atom is -0.481 e. The highest BCUT2D eigenvalue weighted by atomic mass is 16.4. The number of hydrogen-bond donors (Lipinski definition) is 1. The molecule has 100 valence electrons. The first-order chi connectivity index (χ1) is 9.68. The van der Waals surface area contributed by atoms with Gasteiger partial charge >= 0.3 is 5.97 Å². The number of para-hydroxylation sites is 2. The van der Waals surface area contributed by atoms with Crippen molar-refractivity contribution >= 4 is 16.9 Å². The molecule has 0 fully saturated rings. The van der Waals surface area contributed by atoms with Gasteiger partial charge in [-0.1, -0.05) is 36.4 Å². The van der Waals surface area contributed by atoms with Gasteiger partial charge in [-0.15, -0.1) is 0 Å². The maximum absolute atomic E-state index is 11.1. The Morgan fingerprint density at radius 2 is 1.70 bits per heavy atom. The van der Waals surface area contributed by atoms with Gasteiger partial charge in [-0.05, 0) is 30.7 Å². The highest BCUT2D eigenvalue weighted by molar-refractivity contribution is 5.90. The number of carbonyl (C=O) groups is 1. The molecular weight excluding hydrogens is 250 g/mol. The normalized spacial score (nSPS) is 10.8. The lowest BCUT2D eigenvalue weighted by molar-refractivity contribution is -0.136. The van der Waals surface area contributed by atoms with Crippen LogP contribution in [0.25, 0.3) is 16.6 Å². The summed E-state index contributed by atoms with van der Waals surface area (Å²) in [5, 5.41) is 10.1. The third-order valence-corrected chi connectivity index (χ3v) is 3.58. The summed E-state index contributed by atoms with van der Waals surface area (Å²) in [7, 11) is 0. The highest BCUT2D eigenvalue weighted by Gasteiger charge is 2.16. The lowest BCUT2D eigenvalue weighted by Gasteiger charge is -2.08. The van der Waals surface area contributed by atoms with Crippen LogP contribution in [-0.2, 0) is 11.2 Å². The summed E-state index contributed by atoms with van der Waals surface area (Å²) in [5.74, 6) is -0.802. The van der Waals surface area contributed by atoms with Crippen LogP contribution in [0.5, 0.6) is 0 Å². The number of nitrogens with zero attached hydrogens (tertiary/aromatic N) is 1. The Morgan fingerprint density at radius 3 is 2.40 bits per heavy atom. The third-order valence-electron chi connectivity index (χ3n) is 3.58. The molecule has 0 aliphatic heterocycles. The van der Waals surface area contributed by atoms with Crippen molar-refractivity contribution in [1.82, 2.24) is 4.57 Å². The second-order valence-electron chi connectivity index (χ2n) is 4.82. The van der Waals surface area contributed by atoms with E-state index in [0.29, 0.717) is 0 Å². The van der Waals surface area contributed by atoms with E-state index in [2.05, 4.69) is 4.57 Å². The van der Waals surface area contributed by atoms with Gasteiger partial charge in [0.05, 0.1) is 11.9 Å². The summed E-state index contributed by atoms with van der Waals surface area (Å²) in [6.07, 6.45) is 0.0478. The van der Waals surface area contributed by atoms with Gasteiger partial charge in [0.25, 0.3) is 0 Å². The number of benzene rings is 2. The number of carboxylic acid groups (broad SMARTS) is 1. The molecule has 0 saturated heterocycles. The van der Waals surface area contributed by atoms with Gasteiger partial charge in [0.1, 0.15) is 0 Å². The minimum atomic E-state index is -0.802. The molecule has 3 heteroatoms. The fourth-order valence-corrected chi connectivity index (χ4v) is 2.72. The van der Waals surface area contributed by atoms with E-state index in [1.165, 1.54) is 0 Å². The minimum absolute atomic E-state index is 0.0478. The fraction of sp³-hybridized carbons (Fsp3) is 0.118. The first-order valence-electron chi connectivity index (χ1n) is 6.54. The van der Waals surface area contributed by atoms with Crippen LogP contribution in [-0.4, -0.2) is 15.6 Å². The lowest BCUT2D eigenvalue weighted by atomic mass is 10.1. The molecule has 1 N–H and O–H groups in total. The second kappa shape index (κ2) is 4.85. The van der Waals surface area contributed by atoms with Gasteiger partial charge in [-0.25, -0.2) is 0 Å². The van der Waals surface area contributed by atoms with Crippen molar-refractivity contribution in [3.63, 3.8) is 0 Å². The van der Waals surface area contributed by atoms with Gasteiger partial charge in [0.15, 0.2) is 0 Å². The van der Waals surface area contributed by atoms with Crippen LogP contribution < -0.4 is 0 Å². The maximum Gasteiger partial charge on any atom is 0.307 e. The Labute approximate surface area is 117 Å². The molecule has 1 aromatic heterocycles. The number of hydrogen-bond acceptors (Lipinski definition) is 1. The number of aliphatic carboxylic acids is 1. The fourth-order valence-electron chi connectivity index (χ4n) is 2.72. The number of aromatic nitrogens is 1. The zero-order valence-corrected chi connectivity index (χ0v) is 11.2. The van der Waals surface area contributed by atoms with Crippen LogP contribution in [0.2, 0.25) is 0 Å². The number of fused-ring (bicyclic) bond motifs is 1. The topological polar surface area (TPSA) is 42.2 Å². The second-order valence-corrected chi connectivity index (χ2v) is 4.82. The summed E-state index contributed by atoms with van der Waals surface area (Å²) < 4.78 is 2.12. The molecule has 2 aromatic carbocycles. The molecule has 3 aromatic rings. The van der Waals surface area contributed by atoms with Crippen molar-refractivity contribution in [2.75, 3.05) is 0 Å². The van der Waals surface area contributed by atoms with E-state index in [1.807, 2.05) is 61.5 Å². The third kappa shape index (κ3) is 1.97. The predicted octanol–water partition coefficient (Wildman–Crippen LogP) is 3.57. The zero-order chi connectivity index (χ0) is 14.1. The highest BCUT2D eigenvalue weighted by Crippen LogP contribution is 2.29. The molecule has 0 bridgehead atoms. The van der Waals surface area contributed by atoms with E-state index in [9.17, 15) is 4.79 Å². The Kier molecular flexibility index (Phi) is 3.03. The summed E-state index contributed by atoms with van der Waals surface area (Å²) in [4.78, 5) is 11.1. The molecule has 0 amide bonds. The van der Waals surface area contributed by atoms with Crippen molar-refractivity contribution < 1.29 is 9.90 Å². The lowest BCUT2D eigenvalue weighted by Crippen LogP contribution is -2.02. The van der Waals surface area contributed by atoms with E-state index >= 15 is 0 Å². The molecule has 3 nitrogen and oxygen atoms in total. The zero-order valence-electron chi connectivity index (χ0n) is 11.2. The van der Waals surface area contributed by atoms with Crippen LogP contribution in [0.3, 0.4) is 0 Å². The quantitative estimate of drug-likeness (QED) is 0.786. The predicted molar refractivity (Wildman–Crippen MR) is 79.4 cm³/mol. The molecule has 0 atom stereocenters. The van der Waals surface area contributed by atoms with Crippen LogP contribution >= 0.6 is 0 Å². The summed E-state index contributed by atoms with van der Waals surface area (Å²) in [6.45, 7) is 1.98. The molecule has 1 heterocycles. The molecule has 0 aliphatic rings. The molecule has 0 unspecified atom stereocenters. The molecular formula is C17H15NO2. The first-order valence-corrected chi connectivity index (χ1v) is 6.54. The van der Waals surface area contributed by atoms with Gasteiger partial charge in [-0.3, -0.25) is 4.79 Å². The molecule has 20 heavy (non-hydrogen) atoms. The Morgan fingerprint density at radius 1 is 1.05 bits per heavy atom. The molecule has 0 aliphatic carbocycles. The van der Waals surface area contributed by atoms with Crippen LogP contribution in [0, 0.1) is 6.92 Å². The molecule has 3 rings (SSSR count). The van der Waals surface area contributed by atoms with E-state index in [0.717, 1.165) is 27.8 Å². The van der Waals surface area contributed by atoms with Crippen molar-refractivity contribution in [3.8, 4) is 5.69 Å². The van der Waals surface area contributed by atoms with Gasteiger partial charge < -0.3 is 9.67 Å². The van der Waals surface area contributed by atoms with E-state index < -0.39 is 5.97 Å². The largest absolute Gasteiger partial charge is 0.481 e. The van der Waals surface area contributed by atoms with Crippen LogP contribution in [0.4, 0.5) is 0 Å². The molecule has 0 radical (unpaired) electrons. The van der Waals surface area contributed by atoms with Crippen LogP contribution in [0.1, 0.15) is 11.3 Å². The van der Waals surface area contributed by atoms with Gasteiger partial charge in [0, 0.05) is 16.8 Å². The molecule has 0 spiro atoms. The van der Waals surface area contributed by atoms with Crippen LogP contribution in [0.15, 0.2) is 54.6 Å².